The molecule has 0 aliphatic carbocycles. The smallest absolute Gasteiger partial charge is 0.223 e. The van der Waals surface area contributed by atoms with Crippen molar-refractivity contribution in [2.24, 2.45) is 0 Å². The van der Waals surface area contributed by atoms with Gasteiger partial charge in [0, 0.05) is 7.11 Å². The number of nitrogens with one attached hydrogen (secondary N) is 1. The number of ether oxygens (including phenoxy) is 1. The van der Waals surface area contributed by atoms with Crippen LogP contribution in [-0.4, -0.2) is 25.7 Å². The van der Waals surface area contributed by atoms with E-state index in [0.717, 1.165) is 0 Å². The van der Waals surface area contributed by atoms with Crippen LogP contribution in [0.1, 0.15) is 13.3 Å². The van der Waals surface area contributed by atoms with Crippen molar-refractivity contribution in [3.05, 3.63) is 0 Å². The van der Waals surface area contributed by atoms with E-state index in [2.05, 4.69) is 5.32 Å². The third kappa shape index (κ3) is 5.37. The molecule has 0 aromatic carbocycles. The van der Waals surface area contributed by atoms with Crippen LogP contribution >= 0.6 is 0 Å². The quantitative estimate of drug-likeness (QED) is 0.585. The molecule has 4 nitrogen and oxygen atoms in total. The Morgan fingerprint density at radius 1 is 1.82 bits per heavy atom. The number of hydrogen-bond acceptors (Lipinski definition) is 3. The number of rotatable bonds is 4. The van der Waals surface area contributed by atoms with Crippen molar-refractivity contribution in [3.63, 3.8) is 0 Å². The van der Waals surface area contributed by atoms with Crippen molar-refractivity contribution in [1.29, 1.82) is 5.26 Å². The molecule has 0 saturated carbocycles. The number of carbonyl (C=O) groups excluding carboxylic acids is 1. The van der Waals surface area contributed by atoms with Crippen molar-refractivity contribution in [2.45, 2.75) is 19.4 Å². The van der Waals surface area contributed by atoms with Crippen molar-refractivity contribution >= 4 is 5.91 Å². The van der Waals surface area contributed by atoms with E-state index < -0.39 is 0 Å². The predicted octanol–water partition coefficient (Wildman–Crippen LogP) is 0.0512. The topological polar surface area (TPSA) is 62.1 Å². The number of nitriles is 1. The number of amides is 1. The molecule has 0 heterocycles. The van der Waals surface area contributed by atoms with Gasteiger partial charge in [0.25, 0.3) is 0 Å². The highest BCUT2D eigenvalue weighted by Crippen LogP contribution is 1.93. The highest BCUT2D eigenvalue weighted by atomic mass is 16.5. The molecule has 0 aromatic rings. The van der Waals surface area contributed by atoms with Crippen LogP contribution in [0.15, 0.2) is 0 Å². The van der Waals surface area contributed by atoms with E-state index in [0.29, 0.717) is 6.42 Å². The van der Waals surface area contributed by atoms with E-state index in [1.807, 2.05) is 6.07 Å². The summed E-state index contributed by atoms with van der Waals surface area (Å²) < 4.78 is 4.86. The summed E-state index contributed by atoms with van der Waals surface area (Å²) in [7, 11) is 1.54. The molecule has 0 spiro atoms. The molecule has 0 aromatic heterocycles. The van der Waals surface area contributed by atoms with Crippen LogP contribution in [0.5, 0.6) is 0 Å². The molecular weight excluding hydrogens is 144 g/mol. The fraction of sp³-hybridized carbons (Fsp3) is 0.714. The summed E-state index contributed by atoms with van der Waals surface area (Å²) in [6.45, 7) is 1.86. The normalized spacial score (nSPS) is 11.7. The summed E-state index contributed by atoms with van der Waals surface area (Å²) in [6, 6.07) is 1.82. The Labute approximate surface area is 66.1 Å². The summed E-state index contributed by atoms with van der Waals surface area (Å²) in [4.78, 5) is 10.8. The lowest BCUT2D eigenvalue weighted by atomic mass is 10.3. The van der Waals surface area contributed by atoms with Gasteiger partial charge in [0.15, 0.2) is 0 Å². The highest BCUT2D eigenvalue weighted by molar-refractivity contribution is 5.76. The van der Waals surface area contributed by atoms with Crippen molar-refractivity contribution in [3.8, 4) is 6.07 Å². The summed E-state index contributed by atoms with van der Waals surface area (Å²) in [6.07, 6.45) is 0.215. The maximum Gasteiger partial charge on any atom is 0.223 e. The van der Waals surface area contributed by atoms with Crippen LogP contribution in [0.25, 0.3) is 0 Å². The van der Waals surface area contributed by atoms with E-state index in [1.165, 1.54) is 0 Å². The van der Waals surface area contributed by atoms with Crippen molar-refractivity contribution < 1.29 is 9.53 Å². The minimum atomic E-state index is -0.152. The van der Waals surface area contributed by atoms with Gasteiger partial charge in [-0.05, 0) is 6.92 Å². The highest BCUT2D eigenvalue weighted by Gasteiger charge is 2.05. The van der Waals surface area contributed by atoms with Crippen LogP contribution in [-0.2, 0) is 9.53 Å². The van der Waals surface area contributed by atoms with Gasteiger partial charge in [-0.2, -0.15) is 5.26 Å². The Bertz CT molecular complexity index is 162. The maximum atomic E-state index is 10.8. The lowest BCUT2D eigenvalue weighted by Crippen LogP contribution is -2.27. The summed E-state index contributed by atoms with van der Waals surface area (Å²) in [5, 5.41) is 10.5. The average Bonchev–Trinajstić information content (AvgIpc) is 2.00. The number of nitrogens with zero attached hydrogens (tertiary/aromatic N) is 1. The van der Waals surface area contributed by atoms with Crippen LogP contribution < -0.4 is 5.32 Å². The summed E-state index contributed by atoms with van der Waals surface area (Å²) >= 11 is 0. The van der Waals surface area contributed by atoms with Gasteiger partial charge in [-0.15, -0.1) is 0 Å². The zero-order valence-electron chi connectivity index (χ0n) is 6.76. The lowest BCUT2D eigenvalue weighted by molar-refractivity contribution is -0.122. The van der Waals surface area contributed by atoms with Gasteiger partial charge in [0.1, 0.15) is 6.54 Å². The third-order valence-electron chi connectivity index (χ3n) is 1.24. The van der Waals surface area contributed by atoms with Crippen molar-refractivity contribution in [1.82, 2.24) is 5.32 Å². The number of carbonyl (C=O) groups is 1. The second-order valence-electron chi connectivity index (χ2n) is 2.19. The minimum absolute atomic E-state index is 0.0647. The van der Waals surface area contributed by atoms with Gasteiger partial charge >= 0.3 is 0 Å². The Balaban J connectivity index is 3.45. The second kappa shape index (κ2) is 5.69. The molecule has 0 fully saturated rings. The molecule has 62 valence electrons. The fourth-order valence-electron chi connectivity index (χ4n) is 0.555. The standard InChI is InChI=1S/C7H12N2O2/c1-6(11-2)5-7(10)9-4-3-8/h6H,4-5H2,1-2H3,(H,9,10). The second-order valence-corrected chi connectivity index (χ2v) is 2.19. The number of hydrogen-bond donors (Lipinski definition) is 1. The van der Waals surface area contributed by atoms with Crippen LogP contribution in [0.3, 0.4) is 0 Å². The predicted molar refractivity (Wildman–Crippen MR) is 39.7 cm³/mol. The van der Waals surface area contributed by atoms with E-state index >= 15 is 0 Å². The Hall–Kier alpha value is -1.08. The first-order chi connectivity index (χ1) is 5.20. The van der Waals surface area contributed by atoms with Crippen molar-refractivity contribution in [2.75, 3.05) is 13.7 Å². The third-order valence-corrected chi connectivity index (χ3v) is 1.24. The Morgan fingerprint density at radius 2 is 2.45 bits per heavy atom. The molecule has 4 heteroatoms. The van der Waals surface area contributed by atoms with Crippen LogP contribution in [0.2, 0.25) is 0 Å². The lowest BCUT2D eigenvalue weighted by Gasteiger charge is -2.07. The molecule has 0 saturated heterocycles. The van der Waals surface area contributed by atoms with Crippen LogP contribution in [0.4, 0.5) is 0 Å². The van der Waals surface area contributed by atoms with Gasteiger partial charge in [-0.25, -0.2) is 0 Å². The molecule has 0 aliphatic heterocycles. The van der Waals surface area contributed by atoms with Gasteiger partial charge in [-0.1, -0.05) is 0 Å². The van der Waals surface area contributed by atoms with Gasteiger partial charge in [-0.3, -0.25) is 4.79 Å². The molecule has 1 N–H and O–H groups in total. The first-order valence-electron chi connectivity index (χ1n) is 3.37. The van der Waals surface area contributed by atoms with E-state index in [4.69, 9.17) is 10.00 Å². The first-order valence-corrected chi connectivity index (χ1v) is 3.37. The molecule has 0 radical (unpaired) electrons. The first kappa shape index (κ1) is 9.92. The average molecular weight is 156 g/mol. The van der Waals surface area contributed by atoms with Gasteiger partial charge in [0.2, 0.25) is 5.91 Å². The summed E-state index contributed by atoms with van der Waals surface area (Å²) in [5.41, 5.74) is 0. The molecule has 0 rings (SSSR count). The summed E-state index contributed by atoms with van der Waals surface area (Å²) in [5.74, 6) is -0.152. The molecule has 1 atom stereocenters. The molecule has 0 aliphatic rings. The zero-order chi connectivity index (χ0) is 8.69. The molecule has 1 amide bonds. The minimum Gasteiger partial charge on any atom is -0.381 e. The van der Waals surface area contributed by atoms with E-state index in [1.54, 1.807) is 14.0 Å². The molecule has 1 unspecified atom stereocenters. The monoisotopic (exact) mass is 156 g/mol. The zero-order valence-corrected chi connectivity index (χ0v) is 6.76. The van der Waals surface area contributed by atoms with Crippen LogP contribution in [0, 0.1) is 11.3 Å². The largest absolute Gasteiger partial charge is 0.381 e. The maximum absolute atomic E-state index is 10.8. The fourth-order valence-corrected chi connectivity index (χ4v) is 0.555. The van der Waals surface area contributed by atoms with Gasteiger partial charge < -0.3 is 10.1 Å². The van der Waals surface area contributed by atoms with E-state index in [9.17, 15) is 4.79 Å². The molecular formula is C7H12N2O2. The Morgan fingerprint density at radius 3 is 2.91 bits per heavy atom. The molecule has 11 heavy (non-hydrogen) atoms. The molecule has 0 bridgehead atoms. The van der Waals surface area contributed by atoms with E-state index in [-0.39, 0.29) is 18.6 Å². The Kier molecular flexibility index (Phi) is 5.13. The van der Waals surface area contributed by atoms with Gasteiger partial charge in [0.05, 0.1) is 18.6 Å². The SMILES string of the molecule is COC(C)CC(=O)NCC#N. The number of methoxy groups -OCH3 is 1.